The maximum Gasteiger partial charge on any atom is 0.315 e. The van der Waals surface area contributed by atoms with Gasteiger partial charge in [0.2, 0.25) is 5.91 Å². The number of hydrogen-bond donors (Lipinski definition) is 1. The average Bonchev–Trinajstić information content (AvgIpc) is 2.59. The number of hydrogen-bond acceptors (Lipinski definition) is 4. The third-order valence-corrected chi connectivity index (χ3v) is 5.08. The molecule has 0 aromatic heterocycles. The molecule has 0 saturated heterocycles. The normalized spacial score (nSPS) is 11.6. The van der Waals surface area contributed by atoms with E-state index < -0.39 is 5.25 Å². The molecular formula is C19H20ClNO3S. The molecule has 6 heteroatoms. The van der Waals surface area contributed by atoms with Crippen LogP contribution in [0.15, 0.2) is 48.5 Å². The SMILES string of the molecule is CCOC(=O)CS[C@@H](C(=O)Nc1ccc(C)c(Cl)c1)c1ccccc1. The minimum atomic E-state index is -0.523. The van der Waals surface area contributed by atoms with Gasteiger partial charge in [-0.15, -0.1) is 11.8 Å². The van der Waals surface area contributed by atoms with E-state index in [0.29, 0.717) is 17.3 Å². The second-order valence-electron chi connectivity index (χ2n) is 5.36. The Balaban J connectivity index is 2.14. The van der Waals surface area contributed by atoms with E-state index in [1.54, 1.807) is 19.1 Å². The highest BCUT2D eigenvalue weighted by Gasteiger charge is 2.23. The quantitative estimate of drug-likeness (QED) is 0.715. The molecule has 0 aliphatic heterocycles. The monoisotopic (exact) mass is 377 g/mol. The first-order valence-corrected chi connectivity index (χ1v) is 9.33. The lowest BCUT2D eigenvalue weighted by atomic mass is 10.1. The van der Waals surface area contributed by atoms with Crippen molar-refractivity contribution in [1.29, 1.82) is 0 Å². The van der Waals surface area contributed by atoms with E-state index in [1.165, 1.54) is 11.8 Å². The van der Waals surface area contributed by atoms with E-state index in [0.717, 1.165) is 11.1 Å². The molecule has 0 radical (unpaired) electrons. The van der Waals surface area contributed by atoms with Crippen LogP contribution in [-0.4, -0.2) is 24.2 Å². The number of esters is 1. The van der Waals surface area contributed by atoms with Crippen LogP contribution in [0.2, 0.25) is 5.02 Å². The van der Waals surface area contributed by atoms with Gasteiger partial charge in [-0.3, -0.25) is 9.59 Å². The van der Waals surface area contributed by atoms with Gasteiger partial charge in [0.1, 0.15) is 5.25 Å². The number of aryl methyl sites for hydroxylation is 1. The van der Waals surface area contributed by atoms with Crippen LogP contribution in [-0.2, 0) is 14.3 Å². The van der Waals surface area contributed by atoms with Gasteiger partial charge in [0.15, 0.2) is 0 Å². The number of carbonyl (C=O) groups is 2. The molecule has 0 aliphatic carbocycles. The maximum absolute atomic E-state index is 12.8. The van der Waals surface area contributed by atoms with E-state index >= 15 is 0 Å². The molecule has 2 aromatic rings. The van der Waals surface area contributed by atoms with E-state index in [-0.39, 0.29) is 17.6 Å². The van der Waals surface area contributed by atoms with Gasteiger partial charge in [-0.2, -0.15) is 0 Å². The summed E-state index contributed by atoms with van der Waals surface area (Å²) in [6.07, 6.45) is 0. The summed E-state index contributed by atoms with van der Waals surface area (Å²) in [6.45, 7) is 3.98. The molecule has 0 spiro atoms. The molecule has 0 aliphatic rings. The lowest BCUT2D eigenvalue weighted by Crippen LogP contribution is -2.20. The Morgan fingerprint density at radius 2 is 1.92 bits per heavy atom. The molecule has 1 N–H and O–H groups in total. The van der Waals surface area contributed by atoms with Gasteiger partial charge in [-0.1, -0.05) is 48.0 Å². The van der Waals surface area contributed by atoms with Crippen LogP contribution in [0.1, 0.15) is 23.3 Å². The average molecular weight is 378 g/mol. The molecule has 2 aromatic carbocycles. The fraction of sp³-hybridized carbons (Fsp3) is 0.263. The third kappa shape index (κ3) is 5.80. The standard InChI is InChI=1S/C19H20ClNO3S/c1-3-24-17(22)12-25-18(14-7-5-4-6-8-14)19(23)21-15-10-9-13(2)16(20)11-15/h4-11,18H,3,12H2,1-2H3,(H,21,23)/t18-/m1/s1. The molecule has 25 heavy (non-hydrogen) atoms. The number of anilines is 1. The first-order valence-electron chi connectivity index (χ1n) is 7.90. The van der Waals surface area contributed by atoms with E-state index in [4.69, 9.17) is 16.3 Å². The molecule has 1 atom stereocenters. The van der Waals surface area contributed by atoms with Crippen molar-refractivity contribution in [2.75, 3.05) is 17.7 Å². The zero-order chi connectivity index (χ0) is 18.2. The van der Waals surface area contributed by atoms with Crippen molar-refractivity contribution in [3.05, 3.63) is 64.7 Å². The van der Waals surface area contributed by atoms with Gasteiger partial charge in [0, 0.05) is 10.7 Å². The second-order valence-corrected chi connectivity index (χ2v) is 6.86. The second kappa shape index (κ2) is 9.49. The molecule has 0 bridgehead atoms. The van der Waals surface area contributed by atoms with Crippen LogP contribution < -0.4 is 5.32 Å². The zero-order valence-electron chi connectivity index (χ0n) is 14.1. The maximum atomic E-state index is 12.8. The van der Waals surface area contributed by atoms with Crippen molar-refractivity contribution in [1.82, 2.24) is 0 Å². The van der Waals surface area contributed by atoms with Crippen LogP contribution >= 0.6 is 23.4 Å². The van der Waals surface area contributed by atoms with E-state index in [1.807, 2.05) is 43.3 Å². The van der Waals surface area contributed by atoms with Crippen molar-refractivity contribution in [2.24, 2.45) is 0 Å². The summed E-state index contributed by atoms with van der Waals surface area (Å²) in [4.78, 5) is 24.4. The minimum absolute atomic E-state index is 0.107. The van der Waals surface area contributed by atoms with E-state index in [9.17, 15) is 9.59 Å². The summed E-state index contributed by atoms with van der Waals surface area (Å²) in [5.74, 6) is -0.435. The first kappa shape index (κ1) is 19.3. The number of benzene rings is 2. The first-order chi connectivity index (χ1) is 12.0. The number of halogens is 1. The van der Waals surface area contributed by atoms with Crippen molar-refractivity contribution < 1.29 is 14.3 Å². The molecule has 4 nitrogen and oxygen atoms in total. The molecule has 1 amide bonds. The van der Waals surface area contributed by atoms with Gasteiger partial charge in [-0.25, -0.2) is 0 Å². The summed E-state index contributed by atoms with van der Waals surface area (Å²) in [5, 5.41) is 2.94. The Morgan fingerprint density at radius 3 is 2.56 bits per heavy atom. The Hall–Kier alpha value is -1.98. The van der Waals surface area contributed by atoms with Crippen LogP contribution in [0.5, 0.6) is 0 Å². The van der Waals surface area contributed by atoms with Crippen molar-refractivity contribution in [3.8, 4) is 0 Å². The summed E-state index contributed by atoms with van der Waals surface area (Å²) in [7, 11) is 0. The minimum Gasteiger partial charge on any atom is -0.465 e. The van der Waals surface area contributed by atoms with Crippen molar-refractivity contribution in [3.63, 3.8) is 0 Å². The van der Waals surface area contributed by atoms with Crippen LogP contribution in [0, 0.1) is 6.92 Å². The van der Waals surface area contributed by atoms with Crippen LogP contribution in [0.3, 0.4) is 0 Å². The van der Waals surface area contributed by atoms with Crippen LogP contribution in [0.25, 0.3) is 0 Å². The number of carbonyl (C=O) groups excluding carboxylic acids is 2. The van der Waals surface area contributed by atoms with Crippen LogP contribution in [0.4, 0.5) is 5.69 Å². The lowest BCUT2D eigenvalue weighted by molar-refractivity contribution is -0.139. The molecule has 0 heterocycles. The van der Waals surface area contributed by atoms with Crippen molar-refractivity contribution >= 4 is 40.9 Å². The Morgan fingerprint density at radius 1 is 1.20 bits per heavy atom. The molecule has 0 fully saturated rings. The Kier molecular flexibility index (Phi) is 7.34. The number of thioether (sulfide) groups is 1. The molecule has 132 valence electrons. The summed E-state index contributed by atoms with van der Waals surface area (Å²) >= 11 is 7.35. The fourth-order valence-electron chi connectivity index (χ4n) is 2.18. The topological polar surface area (TPSA) is 55.4 Å². The van der Waals surface area contributed by atoms with E-state index in [2.05, 4.69) is 5.32 Å². The largest absolute Gasteiger partial charge is 0.465 e. The van der Waals surface area contributed by atoms with Gasteiger partial charge < -0.3 is 10.1 Å². The zero-order valence-corrected chi connectivity index (χ0v) is 15.7. The predicted octanol–water partition coefficient (Wildman–Crippen LogP) is 4.62. The highest BCUT2D eigenvalue weighted by molar-refractivity contribution is 8.00. The van der Waals surface area contributed by atoms with Gasteiger partial charge in [0.05, 0.1) is 12.4 Å². The van der Waals surface area contributed by atoms with Gasteiger partial charge in [-0.05, 0) is 37.1 Å². The Bertz CT molecular complexity index is 737. The number of rotatable bonds is 7. The molecular weight excluding hydrogens is 358 g/mol. The number of nitrogens with one attached hydrogen (secondary N) is 1. The molecule has 0 saturated carbocycles. The molecule has 2 rings (SSSR count). The number of ether oxygens (including phenoxy) is 1. The predicted molar refractivity (Wildman–Crippen MR) is 103 cm³/mol. The Labute approximate surface area is 156 Å². The smallest absolute Gasteiger partial charge is 0.315 e. The van der Waals surface area contributed by atoms with Crippen molar-refractivity contribution in [2.45, 2.75) is 19.1 Å². The molecule has 0 unspecified atom stereocenters. The summed E-state index contributed by atoms with van der Waals surface area (Å²) < 4.78 is 4.95. The highest BCUT2D eigenvalue weighted by Crippen LogP contribution is 2.31. The fourth-order valence-corrected chi connectivity index (χ4v) is 3.31. The summed E-state index contributed by atoms with van der Waals surface area (Å²) in [5.41, 5.74) is 2.39. The highest BCUT2D eigenvalue weighted by atomic mass is 35.5. The lowest BCUT2D eigenvalue weighted by Gasteiger charge is -2.17. The summed E-state index contributed by atoms with van der Waals surface area (Å²) in [6, 6.07) is 14.7. The third-order valence-electron chi connectivity index (χ3n) is 3.45. The van der Waals surface area contributed by atoms with Gasteiger partial charge >= 0.3 is 5.97 Å². The number of amides is 1. The van der Waals surface area contributed by atoms with Gasteiger partial charge in [0.25, 0.3) is 0 Å².